The summed E-state index contributed by atoms with van der Waals surface area (Å²) < 4.78 is 27.3. The van der Waals surface area contributed by atoms with E-state index in [1.54, 1.807) is 25.3 Å². The van der Waals surface area contributed by atoms with Gasteiger partial charge < -0.3 is 28.6 Å². The lowest BCUT2D eigenvalue weighted by molar-refractivity contribution is 0.0904. The normalized spacial score (nSPS) is 13.5. The average molecular weight is 476 g/mol. The van der Waals surface area contributed by atoms with Crippen LogP contribution >= 0.6 is 0 Å². The molecule has 10 heteroatoms. The molecule has 1 aliphatic rings. The fraction of sp³-hybridized carbons (Fsp3) is 0.280. The van der Waals surface area contributed by atoms with Crippen LogP contribution in [-0.4, -0.2) is 41.5 Å². The number of fused-ring (bicyclic) bond motifs is 1. The Morgan fingerprint density at radius 3 is 2.43 bits per heavy atom. The zero-order valence-electron chi connectivity index (χ0n) is 19.5. The lowest BCUT2D eigenvalue weighted by Gasteiger charge is -2.18. The van der Waals surface area contributed by atoms with E-state index < -0.39 is 11.9 Å². The van der Waals surface area contributed by atoms with E-state index in [4.69, 9.17) is 23.3 Å². The highest BCUT2D eigenvalue weighted by Gasteiger charge is 2.27. The molecule has 0 aliphatic carbocycles. The first kappa shape index (κ1) is 22.5. The van der Waals surface area contributed by atoms with Gasteiger partial charge in [0.25, 0.3) is 5.91 Å². The Morgan fingerprint density at radius 1 is 0.943 bits per heavy atom. The molecule has 35 heavy (non-hydrogen) atoms. The van der Waals surface area contributed by atoms with Gasteiger partial charge in [0.15, 0.2) is 23.0 Å². The van der Waals surface area contributed by atoms with Crippen LogP contribution in [0.4, 0.5) is 0 Å². The smallest absolute Gasteiger partial charge is 0.274 e. The molecular weight excluding hydrogens is 452 g/mol. The summed E-state index contributed by atoms with van der Waals surface area (Å²) in [4.78, 5) is 17.5. The summed E-state index contributed by atoms with van der Waals surface area (Å²) >= 11 is 0. The first-order valence-electron chi connectivity index (χ1n) is 11.2. The molecule has 0 fully saturated rings. The summed E-state index contributed by atoms with van der Waals surface area (Å²) in [7, 11) is 1.60. The SMILES string of the molecule is COc1ccc(-c2noc([C@H](NC(=O)c3cc(-c4ccc5c(c4)OCCO5)on3)C(C)C)n2)cc1. The number of ether oxygens (including phenoxy) is 3. The van der Waals surface area contributed by atoms with Gasteiger partial charge in [-0.25, -0.2) is 0 Å². The van der Waals surface area contributed by atoms with Crippen LogP contribution in [0, 0.1) is 5.92 Å². The van der Waals surface area contributed by atoms with Crippen LogP contribution < -0.4 is 19.5 Å². The van der Waals surface area contributed by atoms with Gasteiger partial charge in [-0.3, -0.25) is 4.79 Å². The van der Waals surface area contributed by atoms with E-state index in [1.165, 1.54) is 0 Å². The Labute approximate surface area is 201 Å². The van der Waals surface area contributed by atoms with Gasteiger partial charge in [-0.05, 0) is 48.4 Å². The van der Waals surface area contributed by atoms with Crippen LogP contribution in [0.15, 0.2) is 57.6 Å². The molecule has 0 bridgehead atoms. The summed E-state index contributed by atoms with van der Waals surface area (Å²) in [6.07, 6.45) is 0. The van der Waals surface area contributed by atoms with Crippen LogP contribution in [0.3, 0.4) is 0 Å². The van der Waals surface area contributed by atoms with E-state index in [2.05, 4.69) is 20.6 Å². The highest BCUT2D eigenvalue weighted by Crippen LogP contribution is 2.35. The van der Waals surface area contributed by atoms with E-state index in [1.807, 2.05) is 44.2 Å². The second-order valence-corrected chi connectivity index (χ2v) is 8.31. The zero-order valence-corrected chi connectivity index (χ0v) is 19.5. The topological polar surface area (TPSA) is 122 Å². The van der Waals surface area contributed by atoms with Gasteiger partial charge in [-0.1, -0.05) is 24.2 Å². The van der Waals surface area contributed by atoms with Crippen molar-refractivity contribution in [2.24, 2.45) is 5.92 Å². The minimum atomic E-state index is -0.517. The number of nitrogens with one attached hydrogen (secondary N) is 1. The lowest BCUT2D eigenvalue weighted by Crippen LogP contribution is -2.32. The lowest BCUT2D eigenvalue weighted by atomic mass is 10.0. The third-order valence-corrected chi connectivity index (χ3v) is 5.58. The van der Waals surface area contributed by atoms with Crippen molar-refractivity contribution in [1.82, 2.24) is 20.6 Å². The number of benzene rings is 2. The fourth-order valence-corrected chi connectivity index (χ4v) is 3.66. The number of hydrogen-bond acceptors (Lipinski definition) is 9. The molecule has 5 rings (SSSR count). The number of aromatic nitrogens is 3. The Hall–Kier alpha value is -4.34. The molecule has 3 heterocycles. The molecule has 1 aliphatic heterocycles. The molecule has 2 aromatic carbocycles. The van der Waals surface area contributed by atoms with Gasteiger partial charge in [0.2, 0.25) is 11.7 Å². The van der Waals surface area contributed by atoms with Gasteiger partial charge in [-0.2, -0.15) is 4.98 Å². The third-order valence-electron chi connectivity index (χ3n) is 5.58. The molecule has 0 spiro atoms. The maximum Gasteiger partial charge on any atom is 0.274 e. The largest absolute Gasteiger partial charge is 0.497 e. The van der Waals surface area contributed by atoms with Crippen molar-refractivity contribution in [2.45, 2.75) is 19.9 Å². The summed E-state index contributed by atoms with van der Waals surface area (Å²) in [6, 6.07) is 13.8. The summed E-state index contributed by atoms with van der Waals surface area (Å²) in [5.74, 6) is 2.75. The van der Waals surface area contributed by atoms with E-state index in [9.17, 15) is 4.79 Å². The van der Waals surface area contributed by atoms with Crippen LogP contribution in [-0.2, 0) is 0 Å². The number of methoxy groups -OCH3 is 1. The van der Waals surface area contributed by atoms with Crippen molar-refractivity contribution in [3.05, 3.63) is 60.1 Å². The Kier molecular flexibility index (Phi) is 6.09. The molecule has 10 nitrogen and oxygen atoms in total. The summed E-state index contributed by atoms with van der Waals surface area (Å²) in [6.45, 7) is 4.89. The van der Waals surface area contributed by atoms with Crippen LogP contribution in [0.1, 0.15) is 36.3 Å². The minimum Gasteiger partial charge on any atom is -0.497 e. The average Bonchev–Trinajstić information content (AvgIpc) is 3.57. The van der Waals surface area contributed by atoms with E-state index in [0.717, 1.165) is 16.9 Å². The zero-order chi connectivity index (χ0) is 24.4. The molecule has 180 valence electrons. The number of carbonyl (C=O) groups is 1. The van der Waals surface area contributed by atoms with Crippen molar-refractivity contribution in [1.29, 1.82) is 0 Å². The molecule has 4 aromatic rings. The second kappa shape index (κ2) is 9.49. The first-order chi connectivity index (χ1) is 17.0. The number of hydrogen-bond donors (Lipinski definition) is 1. The highest BCUT2D eigenvalue weighted by molar-refractivity contribution is 5.93. The maximum absolute atomic E-state index is 13.0. The van der Waals surface area contributed by atoms with Crippen LogP contribution in [0.2, 0.25) is 0 Å². The Balaban J connectivity index is 1.32. The van der Waals surface area contributed by atoms with Crippen molar-refractivity contribution in [2.75, 3.05) is 20.3 Å². The Morgan fingerprint density at radius 2 is 1.69 bits per heavy atom. The Bertz CT molecular complexity index is 1330. The van der Waals surface area contributed by atoms with Crippen molar-refractivity contribution < 1.29 is 28.1 Å². The van der Waals surface area contributed by atoms with Crippen molar-refractivity contribution in [3.63, 3.8) is 0 Å². The molecule has 0 unspecified atom stereocenters. The van der Waals surface area contributed by atoms with E-state index in [0.29, 0.717) is 42.2 Å². The quantitative estimate of drug-likeness (QED) is 0.416. The van der Waals surface area contributed by atoms with Crippen LogP contribution in [0.25, 0.3) is 22.7 Å². The summed E-state index contributed by atoms with van der Waals surface area (Å²) in [5.41, 5.74) is 1.63. The standard InChI is InChI=1S/C25H24N4O6/c1-14(2)22(25-27-23(29-35-25)15-4-7-17(31-3)8-5-15)26-24(30)18-13-20(34-28-18)16-6-9-19-21(12-16)33-11-10-32-19/h4-9,12-14,22H,10-11H2,1-3H3,(H,26,30)/t22-/m1/s1. The van der Waals surface area contributed by atoms with Gasteiger partial charge in [-0.15, -0.1) is 0 Å². The molecule has 0 radical (unpaired) electrons. The number of amides is 1. The number of carbonyl (C=O) groups excluding carboxylic acids is 1. The number of rotatable bonds is 7. The van der Waals surface area contributed by atoms with Gasteiger partial charge >= 0.3 is 0 Å². The van der Waals surface area contributed by atoms with Crippen molar-refractivity contribution >= 4 is 5.91 Å². The van der Waals surface area contributed by atoms with Gasteiger partial charge in [0, 0.05) is 17.2 Å². The van der Waals surface area contributed by atoms with Crippen molar-refractivity contribution in [3.8, 4) is 40.0 Å². The van der Waals surface area contributed by atoms with E-state index >= 15 is 0 Å². The van der Waals surface area contributed by atoms with E-state index in [-0.39, 0.29) is 11.6 Å². The summed E-state index contributed by atoms with van der Waals surface area (Å²) in [5, 5.41) is 10.9. The highest BCUT2D eigenvalue weighted by atomic mass is 16.6. The second-order valence-electron chi connectivity index (χ2n) is 8.31. The molecule has 2 aromatic heterocycles. The monoisotopic (exact) mass is 476 g/mol. The minimum absolute atomic E-state index is 0.0210. The molecule has 0 saturated carbocycles. The molecule has 1 amide bonds. The fourth-order valence-electron chi connectivity index (χ4n) is 3.66. The number of nitrogens with zero attached hydrogens (tertiary/aromatic N) is 3. The molecular formula is C25H24N4O6. The van der Waals surface area contributed by atoms with Gasteiger partial charge in [0.05, 0.1) is 7.11 Å². The molecule has 0 saturated heterocycles. The third kappa shape index (κ3) is 4.68. The maximum atomic E-state index is 13.0. The first-order valence-corrected chi connectivity index (χ1v) is 11.2. The molecule has 1 N–H and O–H groups in total. The predicted molar refractivity (Wildman–Crippen MR) is 124 cm³/mol. The van der Waals surface area contributed by atoms with Gasteiger partial charge in [0.1, 0.15) is 25.0 Å². The molecule has 1 atom stereocenters. The predicted octanol–water partition coefficient (Wildman–Crippen LogP) is 4.30. The van der Waals surface area contributed by atoms with Crippen LogP contribution in [0.5, 0.6) is 17.2 Å².